The number of carbonyl (C=O) groups is 1. The van der Waals surface area contributed by atoms with Crippen molar-refractivity contribution >= 4 is 21.6 Å². The molecule has 0 aromatic heterocycles. The van der Waals surface area contributed by atoms with Gasteiger partial charge in [-0.2, -0.15) is 0 Å². The van der Waals surface area contributed by atoms with Crippen LogP contribution in [0.3, 0.4) is 0 Å². The van der Waals surface area contributed by atoms with Gasteiger partial charge in [-0.1, -0.05) is 51.1 Å². The van der Waals surface area contributed by atoms with Gasteiger partial charge in [-0.25, -0.2) is 13.1 Å². The van der Waals surface area contributed by atoms with E-state index in [0.29, 0.717) is 5.69 Å². The van der Waals surface area contributed by atoms with E-state index in [-0.39, 0.29) is 16.9 Å². The second-order valence-electron chi connectivity index (χ2n) is 7.41. The predicted octanol–water partition coefficient (Wildman–Crippen LogP) is 3.52. The Hall–Kier alpha value is -2.18. The minimum atomic E-state index is -3.74. The molecule has 0 unspecified atom stereocenters. The van der Waals surface area contributed by atoms with E-state index < -0.39 is 15.9 Å². The smallest absolute Gasteiger partial charge is 0.241 e. The summed E-state index contributed by atoms with van der Waals surface area (Å²) >= 11 is 0. The normalized spacial score (nSPS) is 12.0. The average Bonchev–Trinajstić information content (AvgIpc) is 2.56. The lowest BCUT2D eigenvalue weighted by atomic mass is 9.87. The molecule has 0 bridgehead atoms. The Bertz CT molecular complexity index is 875. The van der Waals surface area contributed by atoms with Crippen molar-refractivity contribution in [1.82, 2.24) is 4.72 Å². The van der Waals surface area contributed by atoms with Gasteiger partial charge in [0.15, 0.2) is 0 Å². The van der Waals surface area contributed by atoms with Crippen LogP contribution in [0, 0.1) is 13.8 Å². The lowest BCUT2D eigenvalue weighted by Crippen LogP contribution is -2.33. The minimum absolute atomic E-state index is 0.0546. The molecule has 2 aromatic rings. The molecule has 0 aliphatic carbocycles. The molecule has 0 aliphatic rings. The first kappa shape index (κ1) is 20.1. The van der Waals surface area contributed by atoms with Crippen molar-refractivity contribution in [3.8, 4) is 0 Å². The summed E-state index contributed by atoms with van der Waals surface area (Å²) < 4.78 is 27.1. The molecule has 140 valence electrons. The Morgan fingerprint density at radius 2 is 1.50 bits per heavy atom. The highest BCUT2D eigenvalue weighted by Crippen LogP contribution is 2.23. The predicted molar refractivity (Wildman–Crippen MR) is 105 cm³/mol. The standard InChI is InChI=1S/C20H26N2O3S/c1-14-7-6-8-15(2)19(14)22-18(23)13-21-26(24,25)17-11-9-16(10-12-17)20(3,4)5/h6-12,21H,13H2,1-5H3,(H,22,23). The Morgan fingerprint density at radius 1 is 0.962 bits per heavy atom. The Balaban J connectivity index is 2.04. The SMILES string of the molecule is Cc1cccc(C)c1NC(=O)CNS(=O)(=O)c1ccc(C(C)(C)C)cc1. The number of para-hydroxylation sites is 1. The first-order chi connectivity index (χ1) is 12.0. The fourth-order valence-corrected chi connectivity index (χ4v) is 3.56. The zero-order valence-corrected chi connectivity index (χ0v) is 16.7. The first-order valence-electron chi connectivity index (χ1n) is 8.47. The summed E-state index contributed by atoms with van der Waals surface area (Å²) in [6, 6.07) is 12.4. The topological polar surface area (TPSA) is 75.3 Å². The number of sulfonamides is 1. The number of rotatable bonds is 5. The maximum Gasteiger partial charge on any atom is 0.241 e. The van der Waals surface area contributed by atoms with Crippen LogP contribution >= 0.6 is 0 Å². The van der Waals surface area contributed by atoms with Crippen molar-refractivity contribution in [2.75, 3.05) is 11.9 Å². The van der Waals surface area contributed by atoms with E-state index in [1.807, 2.05) is 32.0 Å². The van der Waals surface area contributed by atoms with E-state index >= 15 is 0 Å². The Morgan fingerprint density at radius 3 is 2.00 bits per heavy atom. The highest BCUT2D eigenvalue weighted by Gasteiger charge is 2.18. The average molecular weight is 375 g/mol. The zero-order chi connectivity index (χ0) is 19.5. The molecule has 0 saturated carbocycles. The number of hydrogen-bond donors (Lipinski definition) is 2. The van der Waals surface area contributed by atoms with E-state index in [4.69, 9.17) is 0 Å². The largest absolute Gasteiger partial charge is 0.324 e. The fourth-order valence-electron chi connectivity index (χ4n) is 2.57. The van der Waals surface area contributed by atoms with E-state index in [9.17, 15) is 13.2 Å². The van der Waals surface area contributed by atoms with Crippen LogP contribution in [-0.2, 0) is 20.2 Å². The third-order valence-electron chi connectivity index (χ3n) is 4.20. The number of amides is 1. The number of hydrogen-bond acceptors (Lipinski definition) is 3. The lowest BCUT2D eigenvalue weighted by molar-refractivity contribution is -0.115. The summed E-state index contributed by atoms with van der Waals surface area (Å²) in [6.45, 7) is 9.65. The van der Waals surface area contributed by atoms with Gasteiger partial charge in [-0.15, -0.1) is 0 Å². The molecule has 0 fully saturated rings. The molecule has 0 saturated heterocycles. The van der Waals surface area contributed by atoms with Crippen LogP contribution in [0.1, 0.15) is 37.5 Å². The number of anilines is 1. The van der Waals surface area contributed by atoms with E-state index in [0.717, 1.165) is 16.7 Å². The molecule has 0 atom stereocenters. The quantitative estimate of drug-likeness (QED) is 0.841. The number of nitrogens with one attached hydrogen (secondary N) is 2. The van der Waals surface area contributed by atoms with Crippen LogP contribution in [0.25, 0.3) is 0 Å². The second-order valence-corrected chi connectivity index (χ2v) is 9.18. The van der Waals surface area contributed by atoms with Crippen molar-refractivity contribution in [2.24, 2.45) is 0 Å². The van der Waals surface area contributed by atoms with Crippen molar-refractivity contribution in [3.63, 3.8) is 0 Å². The molecule has 5 nitrogen and oxygen atoms in total. The van der Waals surface area contributed by atoms with Gasteiger partial charge in [0.1, 0.15) is 0 Å². The number of aryl methyl sites for hydroxylation is 2. The fraction of sp³-hybridized carbons (Fsp3) is 0.350. The number of benzene rings is 2. The number of carbonyl (C=O) groups excluding carboxylic acids is 1. The van der Waals surface area contributed by atoms with Crippen molar-refractivity contribution < 1.29 is 13.2 Å². The molecule has 0 heterocycles. The summed E-state index contributed by atoms with van der Waals surface area (Å²) in [6.07, 6.45) is 0. The second kappa shape index (κ2) is 7.60. The lowest BCUT2D eigenvalue weighted by Gasteiger charge is -2.19. The summed E-state index contributed by atoms with van der Waals surface area (Å²) in [7, 11) is -3.74. The maximum atomic E-state index is 12.4. The zero-order valence-electron chi connectivity index (χ0n) is 15.9. The van der Waals surface area contributed by atoms with Crippen molar-refractivity contribution in [1.29, 1.82) is 0 Å². The van der Waals surface area contributed by atoms with Gasteiger partial charge >= 0.3 is 0 Å². The summed E-state index contributed by atoms with van der Waals surface area (Å²) in [5, 5.41) is 2.77. The minimum Gasteiger partial charge on any atom is -0.324 e. The van der Waals surface area contributed by atoms with Crippen LogP contribution in [0.2, 0.25) is 0 Å². The van der Waals surface area contributed by atoms with Gasteiger partial charge in [0.25, 0.3) is 0 Å². The molecule has 2 rings (SSSR count). The van der Waals surface area contributed by atoms with Crippen LogP contribution in [0.15, 0.2) is 47.4 Å². The first-order valence-corrected chi connectivity index (χ1v) is 9.95. The van der Waals surface area contributed by atoms with E-state index in [1.165, 1.54) is 0 Å². The summed E-state index contributed by atoms with van der Waals surface area (Å²) in [5.74, 6) is -0.405. The Kier molecular flexibility index (Phi) is 5.88. The van der Waals surface area contributed by atoms with E-state index in [2.05, 4.69) is 30.8 Å². The third kappa shape index (κ3) is 4.93. The molecule has 0 spiro atoms. The molecular weight excluding hydrogens is 348 g/mol. The van der Waals surface area contributed by atoms with Crippen LogP contribution in [0.4, 0.5) is 5.69 Å². The molecule has 26 heavy (non-hydrogen) atoms. The molecule has 2 N–H and O–H groups in total. The molecular formula is C20H26N2O3S. The maximum absolute atomic E-state index is 12.4. The van der Waals surface area contributed by atoms with Gasteiger partial charge in [-0.3, -0.25) is 4.79 Å². The Labute approximate surface area is 155 Å². The monoisotopic (exact) mass is 374 g/mol. The van der Waals surface area contributed by atoms with Crippen LogP contribution in [-0.4, -0.2) is 20.9 Å². The molecule has 1 amide bonds. The highest BCUT2D eigenvalue weighted by molar-refractivity contribution is 7.89. The summed E-state index contributed by atoms with van der Waals surface area (Å²) in [5.41, 5.74) is 3.56. The van der Waals surface area contributed by atoms with Gasteiger partial charge < -0.3 is 5.32 Å². The van der Waals surface area contributed by atoms with Crippen LogP contribution < -0.4 is 10.0 Å². The molecule has 0 radical (unpaired) electrons. The molecule has 0 aliphatic heterocycles. The van der Waals surface area contributed by atoms with Crippen LogP contribution in [0.5, 0.6) is 0 Å². The van der Waals surface area contributed by atoms with Gasteiger partial charge in [-0.05, 0) is 48.1 Å². The van der Waals surface area contributed by atoms with Gasteiger partial charge in [0.2, 0.25) is 15.9 Å². The van der Waals surface area contributed by atoms with Crippen molar-refractivity contribution in [3.05, 3.63) is 59.2 Å². The summed E-state index contributed by atoms with van der Waals surface area (Å²) in [4.78, 5) is 12.3. The molecule has 6 heteroatoms. The van der Waals surface area contributed by atoms with Crippen molar-refractivity contribution in [2.45, 2.75) is 44.9 Å². The van der Waals surface area contributed by atoms with Gasteiger partial charge in [0, 0.05) is 5.69 Å². The van der Waals surface area contributed by atoms with Gasteiger partial charge in [0.05, 0.1) is 11.4 Å². The van der Waals surface area contributed by atoms with E-state index in [1.54, 1.807) is 24.3 Å². The third-order valence-corrected chi connectivity index (χ3v) is 5.62. The highest BCUT2D eigenvalue weighted by atomic mass is 32.2. The molecule has 2 aromatic carbocycles.